The van der Waals surface area contributed by atoms with Crippen molar-refractivity contribution in [3.05, 3.63) is 42.1 Å². The molecule has 0 amide bonds. The number of ether oxygens (including phenoxy) is 1. The van der Waals surface area contributed by atoms with Crippen LogP contribution in [-0.2, 0) is 0 Å². The van der Waals surface area contributed by atoms with Crippen molar-refractivity contribution in [2.45, 2.75) is 0 Å². The third-order valence-corrected chi connectivity index (χ3v) is 2.50. The molecule has 1 aromatic heterocycles. The van der Waals surface area contributed by atoms with Crippen molar-refractivity contribution in [3.63, 3.8) is 0 Å². The van der Waals surface area contributed by atoms with Gasteiger partial charge in [0.05, 0.1) is 19.0 Å². The summed E-state index contributed by atoms with van der Waals surface area (Å²) in [6, 6.07) is 8.38. The molecule has 5 nitrogen and oxygen atoms in total. The van der Waals surface area contributed by atoms with Crippen LogP contribution in [0.4, 0.5) is 0 Å². The molecule has 0 bridgehead atoms. The van der Waals surface area contributed by atoms with E-state index in [0.717, 1.165) is 11.8 Å². The van der Waals surface area contributed by atoms with Crippen LogP contribution in [-0.4, -0.2) is 28.3 Å². The Labute approximate surface area is 103 Å². The predicted octanol–water partition coefficient (Wildman–Crippen LogP) is 2.16. The van der Waals surface area contributed by atoms with Crippen LogP contribution < -0.4 is 4.74 Å². The lowest BCUT2D eigenvalue weighted by Crippen LogP contribution is -1.98. The van der Waals surface area contributed by atoms with Gasteiger partial charge in [0.25, 0.3) is 0 Å². The van der Waals surface area contributed by atoms with Crippen LogP contribution in [0.25, 0.3) is 11.3 Å². The molecule has 92 valence electrons. The predicted molar refractivity (Wildman–Crippen MR) is 64.8 cm³/mol. The van der Waals surface area contributed by atoms with Gasteiger partial charge in [-0.3, -0.25) is 4.98 Å². The molecule has 0 atom stereocenters. The highest BCUT2D eigenvalue weighted by molar-refractivity contribution is 5.91. The number of hydrogen-bond acceptors (Lipinski definition) is 4. The molecule has 2 aromatic rings. The van der Waals surface area contributed by atoms with Crippen molar-refractivity contribution in [2.24, 2.45) is 0 Å². The van der Waals surface area contributed by atoms with Crippen LogP contribution in [0.1, 0.15) is 10.4 Å². The normalized spacial score (nSPS) is 10.1. The molecule has 0 aliphatic heterocycles. The van der Waals surface area contributed by atoms with Crippen molar-refractivity contribution in [1.29, 1.82) is 0 Å². The van der Waals surface area contributed by atoms with Gasteiger partial charge < -0.3 is 14.9 Å². The minimum atomic E-state index is -1.19. The molecular weight excluding hydrogens is 234 g/mol. The molecule has 0 radical (unpaired) electrons. The van der Waals surface area contributed by atoms with E-state index in [4.69, 9.17) is 9.84 Å². The molecule has 0 aliphatic rings. The van der Waals surface area contributed by atoms with Gasteiger partial charge in [0.2, 0.25) is 0 Å². The Bertz CT molecular complexity index is 578. The molecule has 0 saturated heterocycles. The topological polar surface area (TPSA) is 79.7 Å². The van der Waals surface area contributed by atoms with Gasteiger partial charge in [0, 0.05) is 5.56 Å². The quantitative estimate of drug-likeness (QED) is 0.866. The second-order valence-electron chi connectivity index (χ2n) is 3.62. The fraction of sp³-hybridized carbons (Fsp3) is 0.0769. The number of carboxylic acids is 1. The zero-order valence-electron chi connectivity index (χ0n) is 9.62. The van der Waals surface area contributed by atoms with Gasteiger partial charge in [-0.1, -0.05) is 0 Å². The highest BCUT2D eigenvalue weighted by atomic mass is 16.5. The Morgan fingerprint density at radius 1 is 1.28 bits per heavy atom. The molecular formula is C13H11NO4. The number of rotatable bonds is 3. The second kappa shape index (κ2) is 4.75. The van der Waals surface area contributed by atoms with Gasteiger partial charge in [-0.05, 0) is 30.3 Å². The summed E-state index contributed by atoms with van der Waals surface area (Å²) in [7, 11) is 1.57. The number of benzene rings is 1. The van der Waals surface area contributed by atoms with Crippen molar-refractivity contribution in [2.75, 3.05) is 7.11 Å². The average Bonchev–Trinajstić information content (AvgIpc) is 2.39. The van der Waals surface area contributed by atoms with Crippen molar-refractivity contribution < 1.29 is 19.7 Å². The molecule has 1 heterocycles. The number of carboxylic acid groups (broad SMARTS) is 1. The van der Waals surface area contributed by atoms with E-state index in [2.05, 4.69) is 4.98 Å². The number of aromatic carboxylic acids is 1. The number of carbonyl (C=O) groups is 1. The number of pyridine rings is 1. The molecule has 0 unspecified atom stereocenters. The number of nitrogens with zero attached hydrogens (tertiary/aromatic N) is 1. The summed E-state index contributed by atoms with van der Waals surface area (Å²) < 4.78 is 5.03. The zero-order chi connectivity index (χ0) is 13.1. The SMILES string of the molecule is COc1ccc(-c2cc(C(=O)O)c(O)cn2)cc1. The van der Waals surface area contributed by atoms with E-state index in [9.17, 15) is 9.90 Å². The molecule has 0 saturated carbocycles. The monoisotopic (exact) mass is 245 g/mol. The lowest BCUT2D eigenvalue weighted by atomic mass is 10.1. The minimum Gasteiger partial charge on any atom is -0.505 e. The standard InChI is InChI=1S/C13H11NO4/c1-18-9-4-2-8(3-5-9)11-6-10(13(16)17)12(15)7-14-11/h2-7,15H,1H3,(H,16,17). The molecule has 5 heteroatoms. The van der Waals surface area contributed by atoms with Gasteiger partial charge in [-0.15, -0.1) is 0 Å². The third-order valence-electron chi connectivity index (χ3n) is 2.50. The Morgan fingerprint density at radius 2 is 1.94 bits per heavy atom. The molecule has 2 N–H and O–H groups in total. The Hall–Kier alpha value is -2.56. The van der Waals surface area contributed by atoms with Crippen LogP contribution >= 0.6 is 0 Å². The first-order chi connectivity index (χ1) is 8.61. The lowest BCUT2D eigenvalue weighted by molar-refractivity contribution is 0.0693. The van der Waals surface area contributed by atoms with Gasteiger partial charge in [0.1, 0.15) is 17.1 Å². The van der Waals surface area contributed by atoms with Crippen LogP contribution in [0.3, 0.4) is 0 Å². The third kappa shape index (κ3) is 2.24. The molecule has 1 aromatic carbocycles. The summed E-state index contributed by atoms with van der Waals surface area (Å²) in [4.78, 5) is 14.9. The highest BCUT2D eigenvalue weighted by Crippen LogP contribution is 2.24. The molecule has 0 spiro atoms. The van der Waals surface area contributed by atoms with E-state index < -0.39 is 5.97 Å². The molecule has 18 heavy (non-hydrogen) atoms. The van der Waals surface area contributed by atoms with Crippen molar-refractivity contribution >= 4 is 5.97 Å². The number of aromatic hydroxyl groups is 1. The maximum absolute atomic E-state index is 10.9. The van der Waals surface area contributed by atoms with Crippen molar-refractivity contribution in [1.82, 2.24) is 4.98 Å². The summed E-state index contributed by atoms with van der Waals surface area (Å²) >= 11 is 0. The Balaban J connectivity index is 2.44. The first kappa shape index (κ1) is 11.9. The second-order valence-corrected chi connectivity index (χ2v) is 3.62. The molecule has 0 aliphatic carbocycles. The smallest absolute Gasteiger partial charge is 0.339 e. The van der Waals surface area contributed by atoms with E-state index in [-0.39, 0.29) is 11.3 Å². The van der Waals surface area contributed by atoms with E-state index >= 15 is 0 Å². The minimum absolute atomic E-state index is 0.171. The summed E-state index contributed by atoms with van der Waals surface area (Å²) in [6.45, 7) is 0. The highest BCUT2D eigenvalue weighted by Gasteiger charge is 2.12. The van der Waals surface area contributed by atoms with E-state index in [1.807, 2.05) is 0 Å². The fourth-order valence-corrected chi connectivity index (χ4v) is 1.54. The number of methoxy groups -OCH3 is 1. The van der Waals surface area contributed by atoms with Crippen molar-refractivity contribution in [3.8, 4) is 22.8 Å². The zero-order valence-corrected chi connectivity index (χ0v) is 9.62. The maximum atomic E-state index is 10.9. The summed E-state index contributed by atoms with van der Waals surface area (Å²) in [5.74, 6) is -0.833. The van der Waals surface area contributed by atoms with Gasteiger partial charge in [0.15, 0.2) is 0 Å². The summed E-state index contributed by atoms with van der Waals surface area (Å²) in [6.07, 6.45) is 1.13. The van der Waals surface area contributed by atoms with Gasteiger partial charge in [-0.2, -0.15) is 0 Å². The van der Waals surface area contributed by atoms with E-state index in [1.54, 1.807) is 31.4 Å². The molecule has 2 rings (SSSR count). The van der Waals surface area contributed by atoms with Crippen LogP contribution in [0.5, 0.6) is 11.5 Å². The number of hydrogen-bond donors (Lipinski definition) is 2. The maximum Gasteiger partial charge on any atom is 0.339 e. The van der Waals surface area contributed by atoms with Crippen LogP contribution in [0.15, 0.2) is 36.5 Å². The first-order valence-electron chi connectivity index (χ1n) is 5.18. The summed E-state index contributed by atoms with van der Waals surface area (Å²) in [5.41, 5.74) is 1.06. The first-order valence-corrected chi connectivity index (χ1v) is 5.18. The fourth-order valence-electron chi connectivity index (χ4n) is 1.54. The Morgan fingerprint density at radius 3 is 2.50 bits per heavy atom. The molecule has 0 fully saturated rings. The van der Waals surface area contributed by atoms with Crippen LogP contribution in [0, 0.1) is 0 Å². The Kier molecular flexibility index (Phi) is 3.14. The van der Waals surface area contributed by atoms with Gasteiger partial charge in [-0.25, -0.2) is 4.79 Å². The van der Waals surface area contributed by atoms with Gasteiger partial charge >= 0.3 is 5.97 Å². The van der Waals surface area contributed by atoms with E-state index in [0.29, 0.717) is 11.4 Å². The largest absolute Gasteiger partial charge is 0.505 e. The average molecular weight is 245 g/mol. The van der Waals surface area contributed by atoms with Crippen LogP contribution in [0.2, 0.25) is 0 Å². The summed E-state index contributed by atoms with van der Waals surface area (Å²) in [5, 5.41) is 18.3. The van der Waals surface area contributed by atoms with E-state index in [1.165, 1.54) is 6.07 Å². The lowest BCUT2D eigenvalue weighted by Gasteiger charge is -2.05. The number of aromatic nitrogens is 1.